The number of aromatic amines is 1. The summed E-state index contributed by atoms with van der Waals surface area (Å²) in [5.41, 5.74) is 6.08. The Morgan fingerprint density at radius 1 is 0.944 bits per heavy atom. The van der Waals surface area contributed by atoms with Crippen molar-refractivity contribution >= 4 is 22.7 Å². The molecule has 1 fully saturated rings. The van der Waals surface area contributed by atoms with Crippen molar-refractivity contribution in [3.63, 3.8) is 0 Å². The number of nitrogens with one attached hydrogen (secondary N) is 3. The van der Waals surface area contributed by atoms with Gasteiger partial charge in [0.15, 0.2) is 5.58 Å². The Balaban J connectivity index is 1.27. The Morgan fingerprint density at radius 2 is 1.78 bits per heavy atom. The zero-order valence-electron chi connectivity index (χ0n) is 19.6. The number of hydrogen-bond acceptors (Lipinski definition) is 6. The topological polar surface area (TPSA) is 99.1 Å². The van der Waals surface area contributed by atoms with Crippen LogP contribution in [0.2, 0.25) is 0 Å². The van der Waals surface area contributed by atoms with Gasteiger partial charge in [-0.05, 0) is 41.5 Å². The van der Waals surface area contributed by atoms with E-state index in [1.165, 1.54) is 0 Å². The molecule has 8 heteroatoms. The molecule has 6 rings (SSSR count). The minimum Gasteiger partial charge on any atom is -0.436 e. The number of amides is 1. The molecule has 1 aliphatic rings. The largest absolute Gasteiger partial charge is 0.436 e. The van der Waals surface area contributed by atoms with Gasteiger partial charge in [-0.3, -0.25) is 14.8 Å². The minimum atomic E-state index is -0.404. The zero-order chi connectivity index (χ0) is 24.3. The second-order valence-electron chi connectivity index (χ2n) is 8.85. The molecule has 0 bridgehead atoms. The van der Waals surface area contributed by atoms with Gasteiger partial charge in [-0.15, -0.1) is 0 Å². The Kier molecular flexibility index (Phi) is 6.03. The number of para-hydroxylation sites is 2. The fraction of sp³-hybridized carbons (Fsp3) is 0.179. The summed E-state index contributed by atoms with van der Waals surface area (Å²) in [5.74, 6) is 0.462. The first-order chi connectivity index (χ1) is 17.7. The molecule has 0 radical (unpaired) electrons. The highest BCUT2D eigenvalue weighted by Gasteiger charge is 2.29. The summed E-state index contributed by atoms with van der Waals surface area (Å²) in [4.78, 5) is 20.5. The summed E-state index contributed by atoms with van der Waals surface area (Å²) >= 11 is 0. The van der Waals surface area contributed by atoms with Gasteiger partial charge in [0.2, 0.25) is 11.8 Å². The lowest BCUT2D eigenvalue weighted by atomic mass is 10.00. The van der Waals surface area contributed by atoms with Crippen LogP contribution in [0.4, 0.5) is 5.69 Å². The molecule has 36 heavy (non-hydrogen) atoms. The predicted molar refractivity (Wildman–Crippen MR) is 139 cm³/mol. The molecule has 0 aliphatic carbocycles. The molecular formula is C28H26N6O2. The molecule has 1 atom stereocenters. The molecule has 3 heterocycles. The van der Waals surface area contributed by atoms with Crippen LogP contribution in [-0.4, -0.2) is 52.2 Å². The van der Waals surface area contributed by atoms with Crippen molar-refractivity contribution in [2.75, 3.05) is 31.5 Å². The maximum absolute atomic E-state index is 13.7. The zero-order valence-corrected chi connectivity index (χ0v) is 19.6. The van der Waals surface area contributed by atoms with Gasteiger partial charge in [0.1, 0.15) is 11.6 Å². The van der Waals surface area contributed by atoms with E-state index in [0.717, 1.165) is 59.5 Å². The van der Waals surface area contributed by atoms with E-state index < -0.39 is 6.04 Å². The number of hydrogen-bond donors (Lipinski definition) is 3. The van der Waals surface area contributed by atoms with Gasteiger partial charge in [0, 0.05) is 49.2 Å². The number of anilines is 1. The Hall–Kier alpha value is -4.27. The smallest absolute Gasteiger partial charge is 0.246 e. The van der Waals surface area contributed by atoms with Crippen LogP contribution in [0.1, 0.15) is 11.6 Å². The van der Waals surface area contributed by atoms with Crippen molar-refractivity contribution in [1.29, 1.82) is 0 Å². The number of carbonyl (C=O) groups is 1. The average molecular weight is 479 g/mol. The van der Waals surface area contributed by atoms with Crippen molar-refractivity contribution in [3.05, 3.63) is 90.8 Å². The summed E-state index contributed by atoms with van der Waals surface area (Å²) in [6, 6.07) is 23.0. The number of fused-ring (bicyclic) bond motifs is 1. The van der Waals surface area contributed by atoms with Crippen LogP contribution in [0.15, 0.2) is 89.6 Å². The van der Waals surface area contributed by atoms with Crippen LogP contribution in [-0.2, 0) is 4.79 Å². The van der Waals surface area contributed by atoms with Gasteiger partial charge in [-0.1, -0.05) is 42.5 Å². The van der Waals surface area contributed by atoms with Gasteiger partial charge in [0.25, 0.3) is 0 Å². The number of carbonyl (C=O) groups excluding carboxylic acids is 1. The quantitative estimate of drug-likeness (QED) is 0.333. The van der Waals surface area contributed by atoms with Crippen LogP contribution in [0.3, 0.4) is 0 Å². The molecule has 1 aliphatic heterocycles. The molecule has 5 aromatic rings. The molecule has 3 N–H and O–H groups in total. The third-order valence-electron chi connectivity index (χ3n) is 6.49. The monoisotopic (exact) mass is 478 g/mol. The average Bonchev–Trinajstić information content (AvgIpc) is 3.61. The van der Waals surface area contributed by atoms with E-state index in [4.69, 9.17) is 4.42 Å². The fourth-order valence-corrected chi connectivity index (χ4v) is 4.67. The number of aromatic nitrogens is 3. The van der Waals surface area contributed by atoms with Gasteiger partial charge in [-0.2, -0.15) is 5.10 Å². The number of oxazole rings is 1. The molecule has 0 spiro atoms. The fourth-order valence-electron chi connectivity index (χ4n) is 4.67. The number of H-pyrrole nitrogens is 1. The molecule has 3 aromatic carbocycles. The van der Waals surface area contributed by atoms with Crippen LogP contribution in [0, 0.1) is 0 Å². The number of nitrogens with zero attached hydrogens (tertiary/aromatic N) is 3. The van der Waals surface area contributed by atoms with E-state index in [1.54, 1.807) is 6.20 Å². The first-order valence-electron chi connectivity index (χ1n) is 12.1. The van der Waals surface area contributed by atoms with Crippen molar-refractivity contribution in [1.82, 2.24) is 25.4 Å². The molecule has 180 valence electrons. The summed E-state index contributed by atoms with van der Waals surface area (Å²) in [6.07, 6.45) is 3.65. The van der Waals surface area contributed by atoms with Crippen molar-refractivity contribution < 1.29 is 9.21 Å². The Labute approximate surface area is 208 Å². The van der Waals surface area contributed by atoms with Gasteiger partial charge in [-0.25, -0.2) is 4.98 Å². The van der Waals surface area contributed by atoms with Crippen LogP contribution in [0.25, 0.3) is 33.7 Å². The highest BCUT2D eigenvalue weighted by Crippen LogP contribution is 2.29. The van der Waals surface area contributed by atoms with Crippen molar-refractivity contribution in [2.45, 2.75) is 6.04 Å². The lowest BCUT2D eigenvalue weighted by Gasteiger charge is -2.34. The van der Waals surface area contributed by atoms with Gasteiger partial charge >= 0.3 is 0 Å². The van der Waals surface area contributed by atoms with Crippen LogP contribution in [0.5, 0.6) is 0 Å². The number of piperazine rings is 1. The first kappa shape index (κ1) is 22.2. The van der Waals surface area contributed by atoms with E-state index in [-0.39, 0.29) is 5.91 Å². The highest BCUT2D eigenvalue weighted by molar-refractivity contribution is 5.96. The van der Waals surface area contributed by atoms with Crippen molar-refractivity contribution in [2.24, 2.45) is 0 Å². The number of rotatable bonds is 6. The normalized spacial score (nSPS) is 15.1. The molecule has 0 saturated carbocycles. The Bertz CT molecular complexity index is 1440. The lowest BCUT2D eigenvalue weighted by molar-refractivity contribution is -0.121. The molecular weight excluding hydrogens is 452 g/mol. The maximum atomic E-state index is 13.7. The predicted octanol–water partition coefficient (Wildman–Crippen LogP) is 4.47. The third-order valence-corrected chi connectivity index (χ3v) is 6.49. The van der Waals surface area contributed by atoms with Crippen LogP contribution >= 0.6 is 0 Å². The lowest BCUT2D eigenvalue weighted by Crippen LogP contribution is -2.48. The van der Waals surface area contributed by atoms with E-state index in [0.29, 0.717) is 11.6 Å². The molecule has 1 amide bonds. The molecule has 8 nitrogen and oxygen atoms in total. The summed E-state index contributed by atoms with van der Waals surface area (Å²) in [5, 5.41) is 13.4. The molecule has 2 aromatic heterocycles. The SMILES string of the molecule is O=C(Nc1cccc(-c2nc3ccccc3o2)c1)C(c1ccc(-c2cn[nH]c2)cc1)N1CCNCC1. The van der Waals surface area contributed by atoms with Crippen LogP contribution < -0.4 is 10.6 Å². The first-order valence-corrected chi connectivity index (χ1v) is 12.1. The van der Waals surface area contributed by atoms with Gasteiger partial charge < -0.3 is 15.1 Å². The maximum Gasteiger partial charge on any atom is 0.246 e. The van der Waals surface area contributed by atoms with E-state index in [2.05, 4.69) is 30.7 Å². The standard InChI is InChI=1S/C28H26N6O2/c35-27(32-23-5-3-4-21(16-23)28-33-24-6-1-2-7-25(24)36-28)26(34-14-12-29-13-15-34)20-10-8-19(9-11-20)22-17-30-31-18-22/h1-11,16-18,26,29H,12-15H2,(H,30,31)(H,32,35). The van der Waals surface area contributed by atoms with Crippen molar-refractivity contribution in [3.8, 4) is 22.6 Å². The highest BCUT2D eigenvalue weighted by atomic mass is 16.3. The van der Waals surface area contributed by atoms with E-state index in [1.807, 2.05) is 79.0 Å². The van der Waals surface area contributed by atoms with Gasteiger partial charge in [0.05, 0.1) is 6.20 Å². The second-order valence-corrected chi connectivity index (χ2v) is 8.85. The molecule has 1 unspecified atom stereocenters. The van der Waals surface area contributed by atoms with E-state index >= 15 is 0 Å². The third kappa shape index (κ3) is 4.51. The summed E-state index contributed by atoms with van der Waals surface area (Å²) in [6.45, 7) is 3.29. The van der Waals surface area contributed by atoms with E-state index in [9.17, 15) is 4.79 Å². The second kappa shape index (κ2) is 9.77. The number of benzene rings is 3. The Morgan fingerprint density at radius 3 is 2.56 bits per heavy atom. The summed E-state index contributed by atoms with van der Waals surface area (Å²) < 4.78 is 5.92. The summed E-state index contributed by atoms with van der Waals surface area (Å²) in [7, 11) is 0. The molecule has 1 saturated heterocycles. The minimum absolute atomic E-state index is 0.0670.